The molecule has 0 aliphatic heterocycles. The summed E-state index contributed by atoms with van der Waals surface area (Å²) in [7, 11) is 1.47. The average Bonchev–Trinajstić information content (AvgIpc) is 2.70. The molecule has 5 nitrogen and oxygen atoms in total. The van der Waals surface area contributed by atoms with Crippen molar-refractivity contribution in [1.82, 2.24) is 9.88 Å². The zero-order valence-corrected chi connectivity index (χ0v) is 11.2. The second-order valence-corrected chi connectivity index (χ2v) is 4.78. The zero-order chi connectivity index (χ0) is 14.2. The monoisotopic (exact) mass is 260 g/mol. The number of aromatic nitrogens is 1. The molecule has 1 amide bonds. The molecule has 0 aliphatic rings. The summed E-state index contributed by atoms with van der Waals surface area (Å²) in [4.78, 5) is 26.9. The molecule has 0 saturated carbocycles. The van der Waals surface area contributed by atoms with E-state index >= 15 is 0 Å². The van der Waals surface area contributed by atoms with E-state index in [-0.39, 0.29) is 12.5 Å². The summed E-state index contributed by atoms with van der Waals surface area (Å²) in [6.07, 6.45) is 0. The smallest absolute Gasteiger partial charge is 0.323 e. The largest absolute Gasteiger partial charge is 0.480 e. The predicted molar refractivity (Wildman–Crippen MR) is 72.4 cm³/mol. The first-order valence-corrected chi connectivity index (χ1v) is 5.95. The first-order chi connectivity index (χ1) is 8.88. The first-order valence-electron chi connectivity index (χ1n) is 5.95. The fraction of sp³-hybridized carbons (Fsp3) is 0.286. The lowest BCUT2D eigenvalue weighted by Gasteiger charge is -2.12. The summed E-state index contributed by atoms with van der Waals surface area (Å²) in [6.45, 7) is 3.66. The summed E-state index contributed by atoms with van der Waals surface area (Å²) in [6, 6.07) is 5.78. The van der Waals surface area contributed by atoms with Gasteiger partial charge in [0.1, 0.15) is 12.2 Å². The molecule has 0 radical (unpaired) electrons. The lowest BCUT2D eigenvalue weighted by molar-refractivity contribution is -0.137. The number of carboxylic acid groups (broad SMARTS) is 1. The van der Waals surface area contributed by atoms with Gasteiger partial charge in [-0.15, -0.1) is 0 Å². The Balaban J connectivity index is 2.38. The fourth-order valence-corrected chi connectivity index (χ4v) is 2.19. The van der Waals surface area contributed by atoms with Gasteiger partial charge >= 0.3 is 5.97 Å². The minimum Gasteiger partial charge on any atom is -0.480 e. The number of nitrogens with one attached hydrogen (secondary N) is 1. The Morgan fingerprint density at radius 1 is 1.26 bits per heavy atom. The number of nitrogens with zero attached hydrogens (tertiary/aromatic N) is 1. The van der Waals surface area contributed by atoms with Crippen molar-refractivity contribution < 1.29 is 14.7 Å². The molecule has 2 rings (SSSR count). The number of rotatable bonds is 3. The second-order valence-electron chi connectivity index (χ2n) is 4.78. The number of fused-ring (bicyclic) bond motifs is 1. The molecule has 0 bridgehead atoms. The molecule has 0 atom stereocenters. The Kier molecular flexibility index (Phi) is 3.29. The van der Waals surface area contributed by atoms with Crippen LogP contribution in [0, 0.1) is 13.8 Å². The number of likely N-dealkylation sites (N-methyl/N-ethyl adjacent to an activating group) is 1. The lowest BCUT2D eigenvalue weighted by Crippen LogP contribution is -2.32. The van der Waals surface area contributed by atoms with Gasteiger partial charge in [-0.3, -0.25) is 9.59 Å². The van der Waals surface area contributed by atoms with E-state index in [4.69, 9.17) is 5.11 Å². The molecule has 5 heteroatoms. The van der Waals surface area contributed by atoms with E-state index in [0.717, 1.165) is 22.0 Å². The van der Waals surface area contributed by atoms with Crippen LogP contribution in [0.15, 0.2) is 18.2 Å². The third kappa shape index (κ3) is 2.59. The normalized spacial score (nSPS) is 10.7. The quantitative estimate of drug-likeness (QED) is 0.885. The number of carboxylic acids is 1. The standard InChI is InChI=1S/C14H16N2O3/c1-8-4-9(2)10-6-12(15-11(10)5-8)14(19)16(3)7-13(17)18/h4-6,15H,7H2,1-3H3,(H,17,18). The Hall–Kier alpha value is -2.30. The Labute approximate surface area is 110 Å². The molecule has 1 aromatic heterocycles. The molecular weight excluding hydrogens is 244 g/mol. The highest BCUT2D eigenvalue weighted by Gasteiger charge is 2.17. The van der Waals surface area contributed by atoms with Gasteiger partial charge in [0.2, 0.25) is 0 Å². The van der Waals surface area contributed by atoms with Gasteiger partial charge in [-0.25, -0.2) is 0 Å². The Morgan fingerprint density at radius 3 is 2.58 bits per heavy atom. The van der Waals surface area contributed by atoms with E-state index in [9.17, 15) is 9.59 Å². The van der Waals surface area contributed by atoms with Crippen LogP contribution in [-0.4, -0.2) is 40.5 Å². The summed E-state index contributed by atoms with van der Waals surface area (Å²) in [5, 5.41) is 9.68. The van der Waals surface area contributed by atoms with Gasteiger partial charge in [0.15, 0.2) is 0 Å². The van der Waals surface area contributed by atoms with E-state index in [1.807, 2.05) is 26.0 Å². The Morgan fingerprint density at radius 2 is 1.95 bits per heavy atom. The summed E-state index contributed by atoms with van der Waals surface area (Å²) in [5.74, 6) is -1.35. The third-order valence-corrected chi connectivity index (χ3v) is 3.04. The van der Waals surface area contributed by atoms with Crippen molar-refractivity contribution in [2.75, 3.05) is 13.6 Å². The van der Waals surface area contributed by atoms with Gasteiger partial charge in [-0.2, -0.15) is 0 Å². The van der Waals surface area contributed by atoms with E-state index in [2.05, 4.69) is 4.98 Å². The van der Waals surface area contributed by atoms with Gasteiger partial charge < -0.3 is 15.0 Å². The Bertz CT molecular complexity index is 658. The highest BCUT2D eigenvalue weighted by Crippen LogP contribution is 2.22. The van der Waals surface area contributed by atoms with Crippen molar-refractivity contribution >= 4 is 22.8 Å². The molecule has 0 saturated heterocycles. The van der Waals surface area contributed by atoms with Crippen LogP contribution in [0.4, 0.5) is 0 Å². The molecule has 0 fully saturated rings. The van der Waals surface area contributed by atoms with Crippen LogP contribution in [0.25, 0.3) is 10.9 Å². The number of aromatic amines is 1. The predicted octanol–water partition coefficient (Wildman–Crippen LogP) is 1.94. The fourth-order valence-electron chi connectivity index (χ4n) is 2.19. The molecule has 1 heterocycles. The van der Waals surface area contributed by atoms with Crippen LogP contribution in [-0.2, 0) is 4.79 Å². The van der Waals surface area contributed by atoms with Crippen molar-refractivity contribution in [2.24, 2.45) is 0 Å². The van der Waals surface area contributed by atoms with Crippen LogP contribution in [0.1, 0.15) is 21.6 Å². The first kappa shape index (κ1) is 13.1. The van der Waals surface area contributed by atoms with E-state index < -0.39 is 5.97 Å². The molecule has 100 valence electrons. The molecule has 1 aromatic carbocycles. The highest BCUT2D eigenvalue weighted by molar-refractivity contribution is 5.99. The second kappa shape index (κ2) is 4.76. The lowest BCUT2D eigenvalue weighted by atomic mass is 10.1. The number of aryl methyl sites for hydroxylation is 2. The van der Waals surface area contributed by atoms with E-state index in [1.54, 1.807) is 6.07 Å². The van der Waals surface area contributed by atoms with Crippen LogP contribution in [0.3, 0.4) is 0 Å². The molecular formula is C14H16N2O3. The summed E-state index contributed by atoms with van der Waals surface area (Å²) >= 11 is 0. The molecule has 0 unspecified atom stereocenters. The number of hydrogen-bond acceptors (Lipinski definition) is 2. The maximum absolute atomic E-state index is 12.1. The van der Waals surface area contributed by atoms with Crippen LogP contribution >= 0.6 is 0 Å². The van der Waals surface area contributed by atoms with Crippen LogP contribution in [0.5, 0.6) is 0 Å². The number of carbonyl (C=O) groups is 2. The van der Waals surface area contributed by atoms with Gasteiger partial charge in [-0.05, 0) is 37.1 Å². The number of benzene rings is 1. The molecule has 2 N–H and O–H groups in total. The highest BCUT2D eigenvalue weighted by atomic mass is 16.4. The molecule has 0 aliphatic carbocycles. The van der Waals surface area contributed by atoms with Gasteiger partial charge in [0, 0.05) is 18.0 Å². The maximum Gasteiger partial charge on any atom is 0.323 e. The minimum atomic E-state index is -1.03. The van der Waals surface area contributed by atoms with Crippen molar-refractivity contribution in [3.8, 4) is 0 Å². The molecule has 0 spiro atoms. The van der Waals surface area contributed by atoms with Crippen molar-refractivity contribution in [3.63, 3.8) is 0 Å². The third-order valence-electron chi connectivity index (χ3n) is 3.04. The number of hydrogen-bond donors (Lipinski definition) is 2. The topological polar surface area (TPSA) is 73.4 Å². The summed E-state index contributed by atoms with van der Waals surface area (Å²) in [5.41, 5.74) is 3.51. The SMILES string of the molecule is Cc1cc(C)c2cc(C(=O)N(C)CC(=O)O)[nH]c2c1. The maximum atomic E-state index is 12.1. The number of H-pyrrole nitrogens is 1. The minimum absolute atomic E-state index is 0.313. The number of carbonyl (C=O) groups excluding carboxylic acids is 1. The number of aliphatic carboxylic acids is 1. The van der Waals surface area contributed by atoms with Crippen molar-refractivity contribution in [3.05, 3.63) is 35.0 Å². The van der Waals surface area contributed by atoms with E-state index in [0.29, 0.717) is 5.69 Å². The van der Waals surface area contributed by atoms with Crippen LogP contribution in [0.2, 0.25) is 0 Å². The molecule has 19 heavy (non-hydrogen) atoms. The molecule has 2 aromatic rings. The van der Waals surface area contributed by atoms with E-state index in [1.165, 1.54) is 11.9 Å². The van der Waals surface area contributed by atoms with Gasteiger partial charge in [-0.1, -0.05) is 6.07 Å². The van der Waals surface area contributed by atoms with Crippen molar-refractivity contribution in [2.45, 2.75) is 13.8 Å². The van der Waals surface area contributed by atoms with Gasteiger partial charge in [0.05, 0.1) is 0 Å². The van der Waals surface area contributed by atoms with Gasteiger partial charge in [0.25, 0.3) is 5.91 Å². The average molecular weight is 260 g/mol. The zero-order valence-electron chi connectivity index (χ0n) is 11.2. The number of amides is 1. The summed E-state index contributed by atoms with van der Waals surface area (Å²) < 4.78 is 0. The van der Waals surface area contributed by atoms with Crippen molar-refractivity contribution in [1.29, 1.82) is 0 Å². The van der Waals surface area contributed by atoms with Crippen LogP contribution < -0.4 is 0 Å².